The number of fused-ring (bicyclic) bond motifs is 1. The molecule has 0 aliphatic rings. The zero-order valence-corrected chi connectivity index (χ0v) is 11.3. The van der Waals surface area contributed by atoms with E-state index in [1.807, 2.05) is 41.8 Å². The summed E-state index contributed by atoms with van der Waals surface area (Å²) >= 11 is 7.62. The maximum absolute atomic E-state index is 6.01. The van der Waals surface area contributed by atoms with Crippen molar-refractivity contribution in [2.45, 2.75) is 0 Å². The third-order valence-electron chi connectivity index (χ3n) is 2.55. The summed E-state index contributed by atoms with van der Waals surface area (Å²) in [6.45, 7) is 0. The van der Waals surface area contributed by atoms with E-state index in [4.69, 9.17) is 11.6 Å². The normalized spacial score (nSPS) is 11.2. The van der Waals surface area contributed by atoms with Crippen LogP contribution in [0.3, 0.4) is 0 Å². The summed E-state index contributed by atoms with van der Waals surface area (Å²) in [6.07, 6.45) is 1.75. The molecular weight excluding hydrogens is 280 g/mol. The molecule has 0 saturated carbocycles. The molecule has 0 aliphatic carbocycles. The first-order valence-electron chi connectivity index (χ1n) is 5.58. The third-order valence-corrected chi connectivity index (χ3v) is 3.63. The molecule has 0 radical (unpaired) electrons. The average Bonchev–Trinajstić information content (AvgIpc) is 2.95. The Morgan fingerprint density at radius 2 is 1.95 bits per heavy atom. The fourth-order valence-corrected chi connectivity index (χ4v) is 2.46. The number of benzene rings is 1. The SMILES string of the molecule is Clc1nnc(N/N=C/c2cccs2)c2ccccc12. The van der Waals surface area contributed by atoms with Crippen molar-refractivity contribution in [2.75, 3.05) is 5.43 Å². The van der Waals surface area contributed by atoms with E-state index in [1.165, 1.54) is 0 Å². The summed E-state index contributed by atoms with van der Waals surface area (Å²) in [5.41, 5.74) is 2.90. The first-order valence-corrected chi connectivity index (χ1v) is 6.84. The Kier molecular flexibility index (Phi) is 3.39. The standard InChI is InChI=1S/C13H9ClN4S/c14-12-10-5-1-2-6-11(10)13(18-16-12)17-15-8-9-4-3-7-19-9/h1-8H,(H,17,18)/b15-8+. The number of hydrogen-bond acceptors (Lipinski definition) is 5. The maximum Gasteiger partial charge on any atom is 0.176 e. The Hall–Kier alpha value is -1.98. The quantitative estimate of drug-likeness (QED) is 0.589. The molecule has 3 rings (SSSR count). The van der Waals surface area contributed by atoms with Crippen LogP contribution in [0.15, 0.2) is 46.9 Å². The van der Waals surface area contributed by atoms with Gasteiger partial charge < -0.3 is 0 Å². The fourth-order valence-electron chi connectivity index (χ4n) is 1.68. The number of halogens is 1. The van der Waals surface area contributed by atoms with Gasteiger partial charge in [-0.1, -0.05) is 41.9 Å². The van der Waals surface area contributed by atoms with Crippen molar-refractivity contribution in [1.29, 1.82) is 0 Å². The van der Waals surface area contributed by atoms with Gasteiger partial charge in [0, 0.05) is 15.6 Å². The summed E-state index contributed by atoms with van der Waals surface area (Å²) in [5, 5.41) is 16.2. The lowest BCUT2D eigenvalue weighted by Gasteiger charge is -2.04. The van der Waals surface area contributed by atoms with Gasteiger partial charge in [-0.15, -0.1) is 21.5 Å². The topological polar surface area (TPSA) is 50.2 Å². The monoisotopic (exact) mass is 288 g/mol. The minimum atomic E-state index is 0.392. The molecule has 1 N–H and O–H groups in total. The van der Waals surface area contributed by atoms with Crippen LogP contribution in [0.2, 0.25) is 5.15 Å². The van der Waals surface area contributed by atoms with Crippen molar-refractivity contribution in [1.82, 2.24) is 10.2 Å². The van der Waals surface area contributed by atoms with Gasteiger partial charge in [0.25, 0.3) is 0 Å². The highest BCUT2D eigenvalue weighted by Gasteiger charge is 2.05. The second-order valence-corrected chi connectivity index (χ2v) is 5.11. The molecule has 0 amide bonds. The van der Waals surface area contributed by atoms with Gasteiger partial charge >= 0.3 is 0 Å². The van der Waals surface area contributed by atoms with Gasteiger partial charge in [-0.05, 0) is 11.4 Å². The van der Waals surface area contributed by atoms with E-state index in [2.05, 4.69) is 20.7 Å². The third kappa shape index (κ3) is 2.57. The number of anilines is 1. The summed E-state index contributed by atoms with van der Waals surface area (Å²) < 4.78 is 0. The first kappa shape index (κ1) is 12.1. The molecule has 1 aromatic carbocycles. The summed E-state index contributed by atoms with van der Waals surface area (Å²) in [7, 11) is 0. The fraction of sp³-hybridized carbons (Fsp3) is 0. The number of aromatic nitrogens is 2. The van der Waals surface area contributed by atoms with Crippen LogP contribution < -0.4 is 5.43 Å². The highest BCUT2D eigenvalue weighted by Crippen LogP contribution is 2.25. The Labute approximate surface area is 118 Å². The molecule has 0 aliphatic heterocycles. The van der Waals surface area contributed by atoms with Crippen molar-refractivity contribution < 1.29 is 0 Å². The largest absolute Gasteiger partial charge is 0.259 e. The van der Waals surface area contributed by atoms with Gasteiger partial charge in [0.15, 0.2) is 11.0 Å². The highest BCUT2D eigenvalue weighted by molar-refractivity contribution is 7.11. The number of hydrogen-bond donors (Lipinski definition) is 1. The average molecular weight is 289 g/mol. The molecule has 6 heteroatoms. The van der Waals surface area contributed by atoms with E-state index < -0.39 is 0 Å². The second-order valence-electron chi connectivity index (χ2n) is 3.77. The summed E-state index contributed by atoms with van der Waals surface area (Å²) in [5.74, 6) is 0.591. The lowest BCUT2D eigenvalue weighted by molar-refractivity contribution is 1.04. The van der Waals surface area contributed by atoms with Gasteiger partial charge in [-0.2, -0.15) is 5.10 Å². The zero-order valence-electron chi connectivity index (χ0n) is 9.75. The molecule has 0 saturated heterocycles. The molecule has 3 aromatic rings. The Balaban J connectivity index is 1.91. The molecule has 0 atom stereocenters. The zero-order chi connectivity index (χ0) is 13.1. The number of hydrazone groups is 1. The molecule has 2 aromatic heterocycles. The Bertz CT molecular complexity index is 725. The first-order chi connectivity index (χ1) is 9.34. The van der Waals surface area contributed by atoms with Crippen molar-refractivity contribution in [3.8, 4) is 0 Å². The molecule has 0 unspecified atom stereocenters. The minimum absolute atomic E-state index is 0.392. The van der Waals surface area contributed by atoms with E-state index in [9.17, 15) is 0 Å². The molecule has 94 valence electrons. The van der Waals surface area contributed by atoms with E-state index in [0.29, 0.717) is 11.0 Å². The minimum Gasteiger partial charge on any atom is -0.259 e. The molecule has 0 fully saturated rings. The predicted octanol–water partition coefficient (Wildman–Crippen LogP) is 3.79. The van der Waals surface area contributed by atoms with Crippen LogP contribution in [0.5, 0.6) is 0 Å². The van der Waals surface area contributed by atoms with E-state index >= 15 is 0 Å². The number of rotatable bonds is 3. The second kappa shape index (κ2) is 5.34. The van der Waals surface area contributed by atoms with Crippen LogP contribution in [-0.2, 0) is 0 Å². The number of thiophene rings is 1. The lowest BCUT2D eigenvalue weighted by atomic mass is 10.2. The van der Waals surface area contributed by atoms with Crippen molar-refractivity contribution in [3.63, 3.8) is 0 Å². The Morgan fingerprint density at radius 3 is 2.74 bits per heavy atom. The molecule has 0 spiro atoms. The maximum atomic E-state index is 6.01. The summed E-state index contributed by atoms with van der Waals surface area (Å²) in [6, 6.07) is 11.6. The van der Waals surface area contributed by atoms with Crippen molar-refractivity contribution in [3.05, 3.63) is 51.8 Å². The van der Waals surface area contributed by atoms with Crippen LogP contribution in [0.1, 0.15) is 4.88 Å². The molecule has 19 heavy (non-hydrogen) atoms. The molecule has 0 bridgehead atoms. The molecule has 2 heterocycles. The van der Waals surface area contributed by atoms with Crippen LogP contribution in [0.25, 0.3) is 10.8 Å². The van der Waals surface area contributed by atoms with Crippen LogP contribution in [0, 0.1) is 0 Å². The molecule has 4 nitrogen and oxygen atoms in total. The van der Waals surface area contributed by atoms with Gasteiger partial charge in [0.05, 0.1) is 6.21 Å². The molecular formula is C13H9ClN4S. The van der Waals surface area contributed by atoms with Crippen molar-refractivity contribution in [2.24, 2.45) is 5.10 Å². The van der Waals surface area contributed by atoms with E-state index in [-0.39, 0.29) is 0 Å². The predicted molar refractivity (Wildman–Crippen MR) is 80.1 cm³/mol. The van der Waals surface area contributed by atoms with Gasteiger partial charge in [-0.25, -0.2) is 0 Å². The number of nitrogens with zero attached hydrogens (tertiary/aromatic N) is 3. The van der Waals surface area contributed by atoms with Gasteiger partial charge in [0.1, 0.15) is 0 Å². The van der Waals surface area contributed by atoms with Crippen LogP contribution in [-0.4, -0.2) is 16.4 Å². The van der Waals surface area contributed by atoms with E-state index in [0.717, 1.165) is 15.6 Å². The van der Waals surface area contributed by atoms with Crippen molar-refractivity contribution >= 4 is 45.7 Å². The smallest absolute Gasteiger partial charge is 0.176 e. The van der Waals surface area contributed by atoms with Gasteiger partial charge in [0.2, 0.25) is 0 Å². The summed E-state index contributed by atoms with van der Waals surface area (Å²) in [4.78, 5) is 1.07. The van der Waals surface area contributed by atoms with Crippen LogP contribution >= 0.6 is 22.9 Å². The number of nitrogens with one attached hydrogen (secondary N) is 1. The highest BCUT2D eigenvalue weighted by atomic mass is 35.5. The lowest BCUT2D eigenvalue weighted by Crippen LogP contribution is -1.97. The Morgan fingerprint density at radius 1 is 1.11 bits per heavy atom. The van der Waals surface area contributed by atoms with Gasteiger partial charge in [-0.3, -0.25) is 5.43 Å². The van der Waals surface area contributed by atoms with E-state index in [1.54, 1.807) is 17.6 Å². The van der Waals surface area contributed by atoms with Crippen LogP contribution in [0.4, 0.5) is 5.82 Å².